The lowest BCUT2D eigenvalue weighted by Gasteiger charge is -2.43. The molecular formula is C22H25F13N2OS. The van der Waals surface area contributed by atoms with E-state index in [2.05, 4.69) is 0 Å². The van der Waals surface area contributed by atoms with Crippen LogP contribution in [0.1, 0.15) is 30.1 Å². The van der Waals surface area contributed by atoms with E-state index < -0.39 is 53.6 Å². The molecule has 1 rings (SSSR count). The second-order valence-corrected chi connectivity index (χ2v) is 10.1. The van der Waals surface area contributed by atoms with Crippen molar-refractivity contribution in [1.82, 2.24) is 9.80 Å². The summed E-state index contributed by atoms with van der Waals surface area (Å²) in [5.74, 6) is -38.4. The number of ketones is 1. The number of nitrogens with zero attached hydrogens (tertiary/aromatic N) is 2. The number of benzene rings is 1. The molecule has 39 heavy (non-hydrogen) atoms. The van der Waals surface area contributed by atoms with E-state index in [1.807, 2.05) is 0 Å². The van der Waals surface area contributed by atoms with Crippen molar-refractivity contribution in [3.8, 4) is 0 Å². The third-order valence-electron chi connectivity index (χ3n) is 6.14. The van der Waals surface area contributed by atoms with Crippen molar-refractivity contribution in [3.63, 3.8) is 0 Å². The maximum atomic E-state index is 13.9. The maximum Gasteiger partial charge on any atom is 0.460 e. The number of rotatable bonds is 13. The van der Waals surface area contributed by atoms with Gasteiger partial charge in [-0.25, -0.2) is 0 Å². The summed E-state index contributed by atoms with van der Waals surface area (Å²) in [7, 11) is 6.63. The van der Waals surface area contributed by atoms with Crippen LogP contribution in [0.2, 0.25) is 0 Å². The molecule has 0 aliphatic heterocycles. The molecule has 0 fully saturated rings. The number of carbonyl (C=O) groups excluding carboxylic acids is 1. The van der Waals surface area contributed by atoms with Gasteiger partial charge in [-0.1, -0.05) is 19.1 Å². The highest BCUT2D eigenvalue weighted by molar-refractivity contribution is 7.99. The highest BCUT2D eigenvalue weighted by Gasteiger charge is 2.90. The van der Waals surface area contributed by atoms with E-state index in [0.29, 0.717) is 18.2 Å². The molecule has 0 bridgehead atoms. The van der Waals surface area contributed by atoms with Crippen LogP contribution in [0, 0.1) is 0 Å². The monoisotopic (exact) mass is 612 g/mol. The first kappa shape index (κ1) is 35.3. The SMILES string of the molecule is CCC(C(=O)c1ccc(SCCC(F)(F)C(F)(F)C(F)(F)C(F)(F)C(F)(F)C(F)(F)F)cc1)(N(C)C)N(C)C. The summed E-state index contributed by atoms with van der Waals surface area (Å²) in [5.41, 5.74) is -0.911. The van der Waals surface area contributed by atoms with Gasteiger partial charge < -0.3 is 0 Å². The Hall–Kier alpha value is -1.75. The van der Waals surface area contributed by atoms with Crippen molar-refractivity contribution < 1.29 is 61.9 Å². The Kier molecular flexibility index (Phi) is 10.2. The summed E-state index contributed by atoms with van der Waals surface area (Å²) in [5, 5.41) is 0. The first-order valence-corrected chi connectivity index (χ1v) is 11.9. The molecule has 0 unspecified atom stereocenters. The summed E-state index contributed by atoms with van der Waals surface area (Å²) in [4.78, 5) is 16.5. The van der Waals surface area contributed by atoms with Crippen molar-refractivity contribution in [3.05, 3.63) is 29.8 Å². The van der Waals surface area contributed by atoms with Crippen LogP contribution in [-0.4, -0.2) is 91.0 Å². The van der Waals surface area contributed by atoms with Crippen LogP contribution in [0.15, 0.2) is 29.2 Å². The summed E-state index contributed by atoms with van der Waals surface area (Å²) >= 11 is 0.332. The molecule has 0 N–H and O–H groups in total. The second-order valence-electron chi connectivity index (χ2n) is 8.91. The fourth-order valence-electron chi connectivity index (χ4n) is 3.79. The Labute approximate surface area is 219 Å². The summed E-state index contributed by atoms with van der Waals surface area (Å²) < 4.78 is 172. The zero-order valence-electron chi connectivity index (χ0n) is 21.1. The van der Waals surface area contributed by atoms with E-state index in [0.717, 1.165) is 0 Å². The minimum absolute atomic E-state index is 0.0446. The van der Waals surface area contributed by atoms with Gasteiger partial charge in [-0.2, -0.15) is 57.1 Å². The highest BCUT2D eigenvalue weighted by Crippen LogP contribution is 2.60. The second kappa shape index (κ2) is 11.3. The topological polar surface area (TPSA) is 23.6 Å². The van der Waals surface area contributed by atoms with Crippen molar-refractivity contribution >= 4 is 17.5 Å². The number of alkyl halides is 13. The van der Waals surface area contributed by atoms with Gasteiger partial charge in [-0.05, 0) is 46.7 Å². The quantitative estimate of drug-likeness (QED) is 0.101. The van der Waals surface area contributed by atoms with Gasteiger partial charge in [0, 0.05) is 22.6 Å². The minimum Gasteiger partial charge on any atom is -0.291 e. The normalized spacial score (nSPS) is 14.9. The standard InChI is InChI=1S/C22H25F13N2OS/c1-6-16(36(2)3,37(4)5)15(38)13-7-9-14(10-8-13)39-12-11-17(23,24)18(25,26)19(27,28)20(29,30)21(31,32)22(33,34)35/h7-10H,6,11-12H2,1-5H3. The van der Waals surface area contributed by atoms with Crippen molar-refractivity contribution in [1.29, 1.82) is 0 Å². The molecule has 0 amide bonds. The van der Waals surface area contributed by atoms with Crippen LogP contribution in [0.3, 0.4) is 0 Å². The molecule has 0 spiro atoms. The van der Waals surface area contributed by atoms with Crippen molar-refractivity contribution in [2.24, 2.45) is 0 Å². The Balaban J connectivity index is 3.10. The molecular weight excluding hydrogens is 587 g/mol. The molecule has 0 aromatic heterocycles. The average Bonchev–Trinajstić information content (AvgIpc) is 2.78. The molecule has 226 valence electrons. The van der Waals surface area contributed by atoms with E-state index in [4.69, 9.17) is 0 Å². The number of halogens is 13. The molecule has 3 nitrogen and oxygen atoms in total. The molecule has 0 saturated carbocycles. The lowest BCUT2D eigenvalue weighted by Crippen LogP contribution is -2.70. The van der Waals surface area contributed by atoms with Crippen LogP contribution in [-0.2, 0) is 0 Å². The van der Waals surface area contributed by atoms with Gasteiger partial charge in [0.2, 0.25) is 0 Å². The first-order valence-electron chi connectivity index (χ1n) is 10.9. The Morgan fingerprint density at radius 2 is 1.10 bits per heavy atom. The van der Waals surface area contributed by atoms with Crippen LogP contribution >= 0.6 is 11.8 Å². The largest absolute Gasteiger partial charge is 0.460 e. The van der Waals surface area contributed by atoms with Crippen LogP contribution in [0.25, 0.3) is 0 Å². The van der Waals surface area contributed by atoms with Crippen molar-refractivity contribution in [2.75, 3.05) is 33.9 Å². The fourth-order valence-corrected chi connectivity index (χ4v) is 4.71. The molecule has 0 radical (unpaired) electrons. The smallest absolute Gasteiger partial charge is 0.291 e. The summed E-state index contributed by atoms with van der Waals surface area (Å²) in [6.07, 6.45) is -9.39. The summed E-state index contributed by atoms with van der Waals surface area (Å²) in [6.45, 7) is 1.75. The van der Waals surface area contributed by atoms with Gasteiger partial charge in [0.1, 0.15) is 5.66 Å². The molecule has 0 aliphatic rings. The van der Waals surface area contributed by atoms with Crippen molar-refractivity contribution in [2.45, 2.75) is 66.1 Å². The lowest BCUT2D eigenvalue weighted by atomic mass is 9.93. The lowest BCUT2D eigenvalue weighted by molar-refractivity contribution is -0.439. The molecule has 0 aliphatic carbocycles. The van der Waals surface area contributed by atoms with Gasteiger partial charge in [-0.15, -0.1) is 11.8 Å². The fraction of sp³-hybridized carbons (Fsp3) is 0.682. The number of Topliss-reactive ketones (excluding diaryl/α,β-unsaturated/α-hetero) is 1. The van der Waals surface area contributed by atoms with Gasteiger partial charge >= 0.3 is 35.8 Å². The molecule has 0 atom stereocenters. The predicted molar refractivity (Wildman–Crippen MR) is 117 cm³/mol. The van der Waals surface area contributed by atoms with Crippen LogP contribution < -0.4 is 0 Å². The Morgan fingerprint density at radius 3 is 1.46 bits per heavy atom. The zero-order valence-corrected chi connectivity index (χ0v) is 21.9. The molecule has 1 aromatic carbocycles. The van der Waals surface area contributed by atoms with E-state index in [1.165, 1.54) is 24.3 Å². The van der Waals surface area contributed by atoms with Crippen LogP contribution in [0.5, 0.6) is 0 Å². The number of likely N-dealkylation sites (N-methyl/N-ethyl adjacent to an activating group) is 2. The van der Waals surface area contributed by atoms with E-state index in [-0.39, 0.29) is 16.2 Å². The third kappa shape index (κ3) is 5.85. The van der Waals surface area contributed by atoms with Gasteiger partial charge in [-0.3, -0.25) is 14.6 Å². The van der Waals surface area contributed by atoms with E-state index >= 15 is 0 Å². The average molecular weight is 612 g/mol. The predicted octanol–water partition coefficient (Wildman–Crippen LogP) is 7.32. The minimum atomic E-state index is -7.91. The van der Waals surface area contributed by atoms with Gasteiger partial charge in [0.15, 0.2) is 5.78 Å². The van der Waals surface area contributed by atoms with Gasteiger partial charge in [0.25, 0.3) is 0 Å². The zero-order chi connectivity index (χ0) is 31.0. The number of hydrogen-bond donors (Lipinski definition) is 0. The Bertz CT molecular complexity index is 985. The molecule has 17 heteroatoms. The third-order valence-corrected chi connectivity index (χ3v) is 7.15. The first-order chi connectivity index (χ1) is 17.3. The van der Waals surface area contributed by atoms with Crippen LogP contribution in [0.4, 0.5) is 57.1 Å². The van der Waals surface area contributed by atoms with Gasteiger partial charge in [0.05, 0.1) is 0 Å². The highest BCUT2D eigenvalue weighted by atomic mass is 32.2. The molecule has 1 aromatic rings. The Morgan fingerprint density at radius 1 is 0.692 bits per heavy atom. The van der Waals surface area contributed by atoms with E-state index in [9.17, 15) is 61.9 Å². The van der Waals surface area contributed by atoms with E-state index in [1.54, 1.807) is 44.9 Å². The number of thioether (sulfide) groups is 1. The number of carbonyl (C=O) groups is 1. The molecule has 0 saturated heterocycles. The molecule has 0 heterocycles. The summed E-state index contributed by atoms with van der Waals surface area (Å²) in [6, 6.07) is 4.94. The number of hydrogen-bond acceptors (Lipinski definition) is 4. The maximum absolute atomic E-state index is 13.9.